The lowest BCUT2D eigenvalue weighted by Gasteiger charge is -2.25. The van der Waals surface area contributed by atoms with Gasteiger partial charge >= 0.3 is 0 Å². The predicted octanol–water partition coefficient (Wildman–Crippen LogP) is 5.41. The number of anilines is 2. The molecule has 0 unspecified atom stereocenters. The molecule has 112 valence electrons. The number of halogens is 1. The Bertz CT molecular complexity index is 608. The second kappa shape index (κ2) is 6.95. The van der Waals surface area contributed by atoms with E-state index >= 15 is 0 Å². The molecule has 2 rings (SSSR count). The largest absolute Gasteiger partial charge is 0.326 e. The third kappa shape index (κ3) is 3.56. The molecule has 0 N–H and O–H groups in total. The van der Waals surface area contributed by atoms with E-state index in [1.54, 1.807) is 0 Å². The second-order valence-electron chi connectivity index (χ2n) is 5.58. The Morgan fingerprint density at radius 2 is 1.90 bits per heavy atom. The van der Waals surface area contributed by atoms with Crippen molar-refractivity contribution in [3.8, 4) is 0 Å². The smallest absolute Gasteiger partial charge is 0.133 e. The van der Waals surface area contributed by atoms with Crippen molar-refractivity contribution in [2.75, 3.05) is 11.4 Å². The number of para-hydroxylation sites is 1. The Morgan fingerprint density at radius 1 is 1.19 bits per heavy atom. The second-order valence-corrected chi connectivity index (χ2v) is 5.84. The molecule has 2 aromatic rings. The molecular weight excluding hydrogens is 280 g/mol. The third-order valence-electron chi connectivity index (χ3n) is 3.64. The van der Waals surface area contributed by atoms with Crippen LogP contribution in [-0.4, -0.2) is 11.5 Å². The first-order valence-electron chi connectivity index (χ1n) is 7.46. The number of hydrogen-bond acceptors (Lipinski definition) is 2. The van der Waals surface area contributed by atoms with Gasteiger partial charge in [-0.25, -0.2) is 4.98 Å². The number of alkyl halides is 1. The molecule has 1 aromatic carbocycles. The van der Waals surface area contributed by atoms with Crippen molar-refractivity contribution in [1.29, 1.82) is 0 Å². The summed E-state index contributed by atoms with van der Waals surface area (Å²) in [5.41, 5.74) is 4.67. The fourth-order valence-corrected chi connectivity index (χ4v) is 2.58. The van der Waals surface area contributed by atoms with E-state index in [9.17, 15) is 0 Å². The number of aryl methyl sites for hydroxylation is 1. The number of rotatable bonds is 5. The van der Waals surface area contributed by atoms with Crippen LogP contribution in [0.3, 0.4) is 0 Å². The molecule has 0 atom stereocenters. The summed E-state index contributed by atoms with van der Waals surface area (Å²) in [7, 11) is 0. The van der Waals surface area contributed by atoms with E-state index < -0.39 is 0 Å². The molecule has 2 nitrogen and oxygen atoms in total. The Morgan fingerprint density at radius 3 is 2.48 bits per heavy atom. The molecule has 21 heavy (non-hydrogen) atoms. The molecule has 0 saturated heterocycles. The zero-order valence-corrected chi connectivity index (χ0v) is 14.0. The molecule has 3 heteroatoms. The van der Waals surface area contributed by atoms with Crippen LogP contribution < -0.4 is 4.90 Å². The van der Waals surface area contributed by atoms with E-state index in [0.29, 0.717) is 11.8 Å². The third-order valence-corrected chi connectivity index (χ3v) is 3.94. The summed E-state index contributed by atoms with van der Waals surface area (Å²) >= 11 is 6.05. The van der Waals surface area contributed by atoms with Gasteiger partial charge in [-0.1, -0.05) is 32.0 Å². The lowest BCUT2D eigenvalue weighted by molar-refractivity contribution is 0.813. The van der Waals surface area contributed by atoms with Crippen LogP contribution in [0.4, 0.5) is 11.5 Å². The van der Waals surface area contributed by atoms with Crippen LogP contribution in [0.15, 0.2) is 36.4 Å². The zero-order valence-electron chi connectivity index (χ0n) is 13.2. The molecule has 0 saturated carbocycles. The van der Waals surface area contributed by atoms with Crippen molar-refractivity contribution >= 4 is 23.1 Å². The molecule has 0 bridgehead atoms. The molecule has 0 fully saturated rings. The predicted molar refractivity (Wildman–Crippen MR) is 91.7 cm³/mol. The van der Waals surface area contributed by atoms with Crippen molar-refractivity contribution < 1.29 is 0 Å². The van der Waals surface area contributed by atoms with Gasteiger partial charge in [0.05, 0.1) is 0 Å². The highest BCUT2D eigenvalue weighted by Gasteiger charge is 2.14. The molecule has 0 spiro atoms. The Labute approximate surface area is 132 Å². The van der Waals surface area contributed by atoms with Crippen LogP contribution in [0.5, 0.6) is 0 Å². The quantitative estimate of drug-likeness (QED) is 0.686. The highest BCUT2D eigenvalue weighted by molar-refractivity contribution is 6.17. The van der Waals surface area contributed by atoms with Crippen molar-refractivity contribution in [2.45, 2.75) is 39.5 Å². The summed E-state index contributed by atoms with van der Waals surface area (Å²) in [6, 6.07) is 12.6. The fourth-order valence-electron chi connectivity index (χ4n) is 2.43. The molecule has 1 aromatic heterocycles. The SMILES string of the molecule is CCN(c1cc(CCl)cc(C(C)C)n1)c1ccccc1C. The molecule has 0 radical (unpaired) electrons. The van der Waals surface area contributed by atoms with Crippen LogP contribution in [-0.2, 0) is 5.88 Å². The lowest BCUT2D eigenvalue weighted by Crippen LogP contribution is -2.19. The van der Waals surface area contributed by atoms with Crippen LogP contribution in [0.1, 0.15) is 43.5 Å². The lowest BCUT2D eigenvalue weighted by atomic mass is 10.1. The maximum Gasteiger partial charge on any atom is 0.133 e. The minimum absolute atomic E-state index is 0.391. The van der Waals surface area contributed by atoms with Crippen molar-refractivity contribution in [3.05, 3.63) is 53.2 Å². The van der Waals surface area contributed by atoms with E-state index in [1.807, 2.05) is 0 Å². The van der Waals surface area contributed by atoms with Crippen LogP contribution in [0.25, 0.3) is 0 Å². The van der Waals surface area contributed by atoms with Crippen LogP contribution in [0, 0.1) is 6.92 Å². The maximum absolute atomic E-state index is 6.05. The van der Waals surface area contributed by atoms with Gasteiger partial charge in [-0.05, 0) is 49.1 Å². The Balaban J connectivity index is 2.52. The van der Waals surface area contributed by atoms with Gasteiger partial charge in [0.2, 0.25) is 0 Å². The average molecular weight is 303 g/mol. The first kappa shape index (κ1) is 15.8. The average Bonchev–Trinajstić information content (AvgIpc) is 2.49. The summed E-state index contributed by atoms with van der Waals surface area (Å²) in [6.45, 7) is 9.48. The number of nitrogens with zero attached hydrogens (tertiary/aromatic N) is 2. The van der Waals surface area contributed by atoms with Gasteiger partial charge in [0, 0.05) is 23.8 Å². The first-order chi connectivity index (χ1) is 10.1. The summed E-state index contributed by atoms with van der Waals surface area (Å²) in [4.78, 5) is 7.08. The van der Waals surface area contributed by atoms with Gasteiger partial charge in [0.25, 0.3) is 0 Å². The van der Waals surface area contributed by atoms with Crippen molar-refractivity contribution in [1.82, 2.24) is 4.98 Å². The monoisotopic (exact) mass is 302 g/mol. The van der Waals surface area contributed by atoms with E-state index in [2.05, 4.69) is 69.0 Å². The fraction of sp³-hybridized carbons (Fsp3) is 0.389. The van der Waals surface area contributed by atoms with Crippen molar-refractivity contribution in [2.24, 2.45) is 0 Å². The van der Waals surface area contributed by atoms with Gasteiger partial charge < -0.3 is 4.90 Å². The van der Waals surface area contributed by atoms with Gasteiger partial charge in [-0.15, -0.1) is 11.6 Å². The van der Waals surface area contributed by atoms with Crippen LogP contribution in [0.2, 0.25) is 0 Å². The topological polar surface area (TPSA) is 16.1 Å². The van der Waals surface area contributed by atoms with Gasteiger partial charge in [-0.2, -0.15) is 0 Å². The molecular formula is C18H23ClN2. The van der Waals surface area contributed by atoms with Gasteiger partial charge in [-0.3, -0.25) is 0 Å². The minimum Gasteiger partial charge on any atom is -0.326 e. The summed E-state index contributed by atoms with van der Waals surface area (Å²) in [5, 5.41) is 0. The summed E-state index contributed by atoms with van der Waals surface area (Å²) in [5.74, 6) is 1.89. The Hall–Kier alpha value is -1.54. The van der Waals surface area contributed by atoms with E-state index in [0.717, 1.165) is 23.6 Å². The number of hydrogen-bond donors (Lipinski definition) is 0. The highest BCUT2D eigenvalue weighted by atomic mass is 35.5. The highest BCUT2D eigenvalue weighted by Crippen LogP contribution is 2.29. The summed E-state index contributed by atoms with van der Waals surface area (Å²) < 4.78 is 0. The zero-order chi connectivity index (χ0) is 15.4. The first-order valence-corrected chi connectivity index (χ1v) is 8.00. The normalized spacial score (nSPS) is 11.0. The minimum atomic E-state index is 0.391. The Kier molecular flexibility index (Phi) is 5.24. The van der Waals surface area contributed by atoms with Gasteiger partial charge in [0.1, 0.15) is 5.82 Å². The van der Waals surface area contributed by atoms with Crippen LogP contribution >= 0.6 is 11.6 Å². The maximum atomic E-state index is 6.05. The summed E-state index contributed by atoms with van der Waals surface area (Å²) in [6.07, 6.45) is 0. The van der Waals surface area contributed by atoms with E-state index in [-0.39, 0.29) is 0 Å². The molecule has 0 aliphatic heterocycles. The molecule has 0 aliphatic carbocycles. The number of aromatic nitrogens is 1. The molecule has 0 aliphatic rings. The standard InChI is InChI=1S/C18H23ClN2/c1-5-21(17-9-7-6-8-14(17)4)18-11-15(12-19)10-16(20-18)13(2)3/h6-11,13H,5,12H2,1-4H3. The number of benzene rings is 1. The van der Waals surface area contributed by atoms with E-state index in [1.165, 1.54) is 11.3 Å². The van der Waals surface area contributed by atoms with Gasteiger partial charge in [0.15, 0.2) is 0 Å². The number of pyridine rings is 1. The van der Waals surface area contributed by atoms with E-state index in [4.69, 9.17) is 16.6 Å². The molecule has 0 amide bonds. The molecule has 1 heterocycles. The van der Waals surface area contributed by atoms with Crippen molar-refractivity contribution in [3.63, 3.8) is 0 Å².